The van der Waals surface area contributed by atoms with Crippen LogP contribution in [0.1, 0.15) is 39.7 Å². The highest BCUT2D eigenvalue weighted by Crippen LogP contribution is 2.27. The predicted octanol–water partition coefficient (Wildman–Crippen LogP) is 5.05. The highest BCUT2D eigenvalue weighted by Gasteiger charge is 2.18. The number of benzene rings is 1. The molecule has 26 heavy (non-hydrogen) atoms. The molecule has 2 N–H and O–H groups in total. The molecule has 2 heterocycles. The van der Waals surface area contributed by atoms with Crippen LogP contribution in [-0.4, -0.2) is 15.8 Å². The largest absolute Gasteiger partial charge is 0.331 e. The van der Waals surface area contributed by atoms with E-state index in [0.29, 0.717) is 0 Å². The van der Waals surface area contributed by atoms with Crippen molar-refractivity contribution in [2.45, 2.75) is 40.7 Å². The first-order valence-corrected chi connectivity index (χ1v) is 9.44. The number of anilines is 1. The van der Waals surface area contributed by atoms with Gasteiger partial charge in [0.1, 0.15) is 0 Å². The fourth-order valence-corrected chi connectivity index (χ4v) is 4.17. The molecule has 2 amide bonds. The van der Waals surface area contributed by atoms with E-state index in [4.69, 9.17) is 0 Å². The molecule has 0 fully saturated rings. The van der Waals surface area contributed by atoms with E-state index >= 15 is 0 Å². The molecule has 0 spiro atoms. The van der Waals surface area contributed by atoms with Gasteiger partial charge in [-0.05, 0) is 58.4 Å². The van der Waals surface area contributed by atoms with E-state index in [0.717, 1.165) is 28.3 Å². The summed E-state index contributed by atoms with van der Waals surface area (Å²) in [6.45, 7) is 10.0. The van der Waals surface area contributed by atoms with E-state index in [1.807, 2.05) is 55.8 Å². The predicted molar refractivity (Wildman–Crippen MR) is 107 cm³/mol. The van der Waals surface area contributed by atoms with Crippen LogP contribution in [0.4, 0.5) is 10.5 Å². The van der Waals surface area contributed by atoms with Crippen molar-refractivity contribution in [1.29, 1.82) is 0 Å². The van der Waals surface area contributed by atoms with Crippen LogP contribution in [0.15, 0.2) is 36.4 Å². The Hall–Kier alpha value is -2.60. The zero-order chi connectivity index (χ0) is 18.8. The van der Waals surface area contributed by atoms with Crippen molar-refractivity contribution in [3.05, 3.63) is 63.1 Å². The molecular formula is C20H24N4OS. The van der Waals surface area contributed by atoms with E-state index in [1.54, 1.807) is 11.3 Å². The molecule has 3 rings (SSSR count). The molecule has 2 aromatic heterocycles. The molecule has 5 nitrogen and oxygen atoms in total. The maximum Gasteiger partial charge on any atom is 0.319 e. The summed E-state index contributed by atoms with van der Waals surface area (Å²) in [6, 6.07) is 11.8. The Labute approximate surface area is 158 Å². The van der Waals surface area contributed by atoms with Crippen LogP contribution in [0, 0.1) is 27.7 Å². The lowest BCUT2D eigenvalue weighted by atomic mass is 10.1. The van der Waals surface area contributed by atoms with Crippen LogP contribution >= 0.6 is 11.3 Å². The number of hydrogen-bond donors (Lipinski definition) is 2. The molecule has 0 bridgehead atoms. The minimum absolute atomic E-state index is 0.0512. The van der Waals surface area contributed by atoms with Crippen LogP contribution < -0.4 is 10.6 Å². The van der Waals surface area contributed by atoms with E-state index < -0.39 is 0 Å². The van der Waals surface area contributed by atoms with Crippen molar-refractivity contribution in [2.24, 2.45) is 0 Å². The fourth-order valence-electron chi connectivity index (χ4n) is 3.15. The van der Waals surface area contributed by atoms with Crippen molar-refractivity contribution >= 4 is 23.1 Å². The van der Waals surface area contributed by atoms with E-state index in [9.17, 15) is 4.79 Å². The minimum Gasteiger partial charge on any atom is -0.331 e. The number of thiophene rings is 1. The number of aryl methyl sites for hydroxylation is 3. The van der Waals surface area contributed by atoms with Crippen molar-refractivity contribution in [1.82, 2.24) is 15.1 Å². The Kier molecular flexibility index (Phi) is 5.13. The van der Waals surface area contributed by atoms with E-state index in [2.05, 4.69) is 35.6 Å². The Bertz CT molecular complexity index is 927. The normalized spacial score (nSPS) is 12.0. The number of amides is 2. The summed E-state index contributed by atoms with van der Waals surface area (Å²) in [4.78, 5) is 15.0. The first kappa shape index (κ1) is 18.2. The van der Waals surface area contributed by atoms with Crippen LogP contribution in [0.25, 0.3) is 5.69 Å². The van der Waals surface area contributed by atoms with Crippen molar-refractivity contribution in [2.75, 3.05) is 5.32 Å². The fraction of sp³-hybridized carbons (Fsp3) is 0.300. The van der Waals surface area contributed by atoms with Crippen molar-refractivity contribution in [3.63, 3.8) is 0 Å². The van der Waals surface area contributed by atoms with Gasteiger partial charge in [0, 0.05) is 9.75 Å². The van der Waals surface area contributed by atoms with Gasteiger partial charge in [0.2, 0.25) is 0 Å². The molecule has 0 aliphatic carbocycles. The topological polar surface area (TPSA) is 59.0 Å². The summed E-state index contributed by atoms with van der Waals surface area (Å²) < 4.78 is 1.85. The van der Waals surface area contributed by atoms with E-state index in [-0.39, 0.29) is 12.1 Å². The third-order valence-corrected chi connectivity index (χ3v) is 5.41. The maximum atomic E-state index is 12.5. The lowest BCUT2D eigenvalue weighted by molar-refractivity contribution is 0.249. The average molecular weight is 369 g/mol. The molecule has 0 saturated heterocycles. The second-order valence-corrected chi connectivity index (χ2v) is 7.94. The van der Waals surface area contributed by atoms with Crippen LogP contribution in [0.5, 0.6) is 0 Å². The molecule has 1 aromatic carbocycles. The van der Waals surface area contributed by atoms with Gasteiger partial charge in [-0.2, -0.15) is 5.10 Å². The number of urea groups is 1. The molecule has 3 aromatic rings. The van der Waals surface area contributed by atoms with Gasteiger partial charge in [0.15, 0.2) is 0 Å². The number of nitrogens with zero attached hydrogens (tertiary/aromatic N) is 2. The molecule has 136 valence electrons. The highest BCUT2D eigenvalue weighted by atomic mass is 32.1. The second kappa shape index (κ2) is 7.33. The zero-order valence-electron chi connectivity index (χ0n) is 15.8. The Morgan fingerprint density at radius 2 is 1.85 bits per heavy atom. The summed E-state index contributed by atoms with van der Waals surface area (Å²) in [5.41, 5.74) is 4.57. The molecule has 1 unspecified atom stereocenters. The van der Waals surface area contributed by atoms with Crippen molar-refractivity contribution < 1.29 is 4.79 Å². The molecule has 0 aliphatic rings. The Balaban J connectivity index is 1.76. The van der Waals surface area contributed by atoms with Gasteiger partial charge in [-0.3, -0.25) is 0 Å². The lowest BCUT2D eigenvalue weighted by Crippen LogP contribution is -2.31. The summed E-state index contributed by atoms with van der Waals surface area (Å²) in [5, 5.41) is 10.6. The number of carbonyl (C=O) groups is 1. The molecule has 1 atom stereocenters. The SMILES string of the molecule is Cc1cc(C(C)NC(=O)Nc2c(C)nn(-c3ccccc3)c2C)c(C)s1. The van der Waals surface area contributed by atoms with Gasteiger partial charge in [-0.25, -0.2) is 9.48 Å². The number of aromatic nitrogens is 2. The first-order valence-electron chi connectivity index (χ1n) is 8.63. The monoisotopic (exact) mass is 368 g/mol. The molecule has 0 saturated carbocycles. The quantitative estimate of drug-likeness (QED) is 0.677. The van der Waals surface area contributed by atoms with Crippen LogP contribution in [0.3, 0.4) is 0 Å². The molecule has 6 heteroatoms. The minimum atomic E-state index is -0.223. The Morgan fingerprint density at radius 1 is 1.15 bits per heavy atom. The highest BCUT2D eigenvalue weighted by molar-refractivity contribution is 7.12. The average Bonchev–Trinajstić information content (AvgIpc) is 3.08. The molecular weight excluding hydrogens is 344 g/mol. The number of hydrogen-bond acceptors (Lipinski definition) is 3. The van der Waals surface area contributed by atoms with Gasteiger partial charge in [-0.15, -0.1) is 11.3 Å². The number of carbonyl (C=O) groups excluding carboxylic acids is 1. The van der Waals surface area contributed by atoms with Crippen molar-refractivity contribution in [3.8, 4) is 5.69 Å². The molecule has 0 aliphatic heterocycles. The first-order chi connectivity index (χ1) is 12.4. The van der Waals surface area contributed by atoms with Crippen LogP contribution in [0.2, 0.25) is 0 Å². The van der Waals surface area contributed by atoms with Gasteiger partial charge < -0.3 is 10.6 Å². The zero-order valence-corrected chi connectivity index (χ0v) is 16.6. The second-order valence-electron chi connectivity index (χ2n) is 6.48. The Morgan fingerprint density at radius 3 is 2.46 bits per heavy atom. The van der Waals surface area contributed by atoms with Gasteiger partial charge >= 0.3 is 6.03 Å². The summed E-state index contributed by atoms with van der Waals surface area (Å²) >= 11 is 1.75. The lowest BCUT2D eigenvalue weighted by Gasteiger charge is -2.15. The molecule has 0 radical (unpaired) electrons. The number of para-hydroxylation sites is 1. The third-order valence-electron chi connectivity index (χ3n) is 4.42. The third kappa shape index (κ3) is 3.65. The summed E-state index contributed by atoms with van der Waals surface area (Å²) in [6.07, 6.45) is 0. The van der Waals surface area contributed by atoms with E-state index in [1.165, 1.54) is 9.75 Å². The standard InChI is InChI=1S/C20H24N4OS/c1-12-11-18(16(5)26-12)13(2)21-20(25)22-19-14(3)23-24(15(19)4)17-9-7-6-8-10-17/h6-11,13H,1-5H3,(H2,21,22,25). The number of nitrogens with one attached hydrogen (secondary N) is 2. The van der Waals surface area contributed by atoms with Gasteiger partial charge in [0.25, 0.3) is 0 Å². The summed E-state index contributed by atoms with van der Waals surface area (Å²) in [5.74, 6) is 0. The van der Waals surface area contributed by atoms with Gasteiger partial charge in [-0.1, -0.05) is 18.2 Å². The number of rotatable bonds is 4. The van der Waals surface area contributed by atoms with Crippen LogP contribution in [-0.2, 0) is 0 Å². The summed E-state index contributed by atoms with van der Waals surface area (Å²) in [7, 11) is 0. The maximum absolute atomic E-state index is 12.5. The smallest absolute Gasteiger partial charge is 0.319 e. The van der Waals surface area contributed by atoms with Gasteiger partial charge in [0.05, 0.1) is 28.8 Å².